The minimum atomic E-state index is -0.181. The van der Waals surface area contributed by atoms with Crippen LogP contribution >= 0.6 is 0 Å². The van der Waals surface area contributed by atoms with E-state index in [-0.39, 0.29) is 5.91 Å². The molecule has 1 amide bonds. The van der Waals surface area contributed by atoms with E-state index in [0.29, 0.717) is 18.8 Å². The van der Waals surface area contributed by atoms with Crippen LogP contribution in [0.3, 0.4) is 0 Å². The van der Waals surface area contributed by atoms with E-state index in [1.54, 1.807) is 19.4 Å². The second kappa shape index (κ2) is 8.85. The van der Waals surface area contributed by atoms with Gasteiger partial charge in [-0.25, -0.2) is 4.98 Å². The first kappa shape index (κ1) is 18.5. The molecule has 5 heteroatoms. The van der Waals surface area contributed by atoms with Gasteiger partial charge in [0.15, 0.2) is 0 Å². The topological polar surface area (TPSA) is 63.2 Å². The van der Waals surface area contributed by atoms with Crippen molar-refractivity contribution in [1.82, 2.24) is 10.3 Å². The van der Waals surface area contributed by atoms with E-state index in [4.69, 9.17) is 4.74 Å². The second-order valence-electron chi connectivity index (χ2n) is 6.24. The molecule has 1 heterocycles. The lowest BCUT2D eigenvalue weighted by Crippen LogP contribution is -2.24. The van der Waals surface area contributed by atoms with Crippen molar-refractivity contribution in [3.63, 3.8) is 0 Å². The summed E-state index contributed by atoms with van der Waals surface area (Å²) in [5.74, 6) is 0.654. The number of hydrogen-bond acceptors (Lipinski definition) is 4. The molecule has 0 aliphatic heterocycles. The van der Waals surface area contributed by atoms with E-state index < -0.39 is 0 Å². The number of ether oxygens (including phenoxy) is 1. The van der Waals surface area contributed by atoms with Gasteiger partial charge < -0.3 is 15.4 Å². The highest BCUT2D eigenvalue weighted by Gasteiger charge is 2.07. The molecule has 0 saturated carbocycles. The number of amides is 1. The minimum Gasteiger partial charge on any atom is -0.497 e. The zero-order valence-corrected chi connectivity index (χ0v) is 15.5. The first-order valence-electron chi connectivity index (χ1n) is 8.81. The molecule has 0 aliphatic carbocycles. The second-order valence-corrected chi connectivity index (χ2v) is 6.24. The molecule has 1 aromatic heterocycles. The smallest absolute Gasteiger partial charge is 0.270 e. The number of nitrogens with zero attached hydrogens (tertiary/aromatic N) is 1. The molecule has 0 saturated heterocycles. The van der Waals surface area contributed by atoms with Gasteiger partial charge in [-0.15, -0.1) is 0 Å². The first-order chi connectivity index (χ1) is 13.2. The summed E-state index contributed by atoms with van der Waals surface area (Å²) in [7, 11) is 1.65. The molecule has 3 rings (SSSR count). The Morgan fingerprint density at radius 3 is 2.44 bits per heavy atom. The van der Waals surface area contributed by atoms with E-state index in [1.165, 1.54) is 0 Å². The Bertz CT molecular complexity index is 890. The van der Waals surface area contributed by atoms with Crippen molar-refractivity contribution >= 4 is 11.6 Å². The van der Waals surface area contributed by atoms with Crippen molar-refractivity contribution in [3.8, 4) is 5.75 Å². The average Bonchev–Trinajstić information content (AvgIpc) is 2.72. The summed E-state index contributed by atoms with van der Waals surface area (Å²) in [6, 6.07) is 19.4. The lowest BCUT2D eigenvalue weighted by molar-refractivity contribution is 0.0946. The third-order valence-corrected chi connectivity index (χ3v) is 4.35. The Morgan fingerprint density at radius 2 is 1.78 bits per heavy atom. The maximum Gasteiger partial charge on any atom is 0.270 e. The predicted molar refractivity (Wildman–Crippen MR) is 107 cm³/mol. The maximum absolute atomic E-state index is 12.3. The molecular formula is C22H23N3O2. The number of pyridine rings is 1. The maximum atomic E-state index is 12.3. The molecule has 3 aromatic rings. The van der Waals surface area contributed by atoms with Gasteiger partial charge in [0.25, 0.3) is 5.91 Å². The zero-order chi connectivity index (χ0) is 19.1. The summed E-state index contributed by atoms with van der Waals surface area (Å²) < 4.78 is 5.15. The van der Waals surface area contributed by atoms with Gasteiger partial charge in [0.05, 0.1) is 19.0 Å². The third kappa shape index (κ3) is 5.07. The van der Waals surface area contributed by atoms with Gasteiger partial charge in [0, 0.05) is 13.1 Å². The van der Waals surface area contributed by atoms with Crippen molar-refractivity contribution in [1.29, 1.82) is 0 Å². The quantitative estimate of drug-likeness (QED) is 0.669. The number of aryl methyl sites for hydroxylation is 1. The van der Waals surface area contributed by atoms with Crippen molar-refractivity contribution < 1.29 is 9.53 Å². The molecule has 2 aromatic carbocycles. The van der Waals surface area contributed by atoms with E-state index in [0.717, 1.165) is 28.1 Å². The lowest BCUT2D eigenvalue weighted by Gasteiger charge is -2.09. The highest BCUT2D eigenvalue weighted by Crippen LogP contribution is 2.13. The Morgan fingerprint density at radius 1 is 1.00 bits per heavy atom. The fraction of sp³-hybridized carbons (Fsp3) is 0.182. The summed E-state index contributed by atoms with van der Waals surface area (Å²) in [5, 5.41) is 6.21. The molecule has 2 N–H and O–H groups in total. The van der Waals surface area contributed by atoms with Crippen LogP contribution in [0.2, 0.25) is 0 Å². The molecule has 138 valence electrons. The molecule has 0 bridgehead atoms. The Hall–Kier alpha value is -3.34. The zero-order valence-electron chi connectivity index (χ0n) is 15.5. The first-order valence-corrected chi connectivity index (χ1v) is 8.81. The van der Waals surface area contributed by atoms with Crippen LogP contribution in [0.4, 0.5) is 5.69 Å². The molecule has 0 fully saturated rings. The summed E-state index contributed by atoms with van der Waals surface area (Å²) in [4.78, 5) is 16.5. The monoisotopic (exact) mass is 361 g/mol. The van der Waals surface area contributed by atoms with E-state index in [1.807, 2.05) is 61.5 Å². The van der Waals surface area contributed by atoms with Gasteiger partial charge in [-0.3, -0.25) is 4.79 Å². The van der Waals surface area contributed by atoms with E-state index in [2.05, 4.69) is 15.6 Å². The molecule has 0 unspecified atom stereocenters. The average molecular weight is 361 g/mol. The number of methoxy groups -OCH3 is 1. The largest absolute Gasteiger partial charge is 0.497 e. The Kier molecular flexibility index (Phi) is 6.05. The minimum absolute atomic E-state index is 0.181. The van der Waals surface area contributed by atoms with Crippen molar-refractivity contribution in [2.24, 2.45) is 0 Å². The van der Waals surface area contributed by atoms with Gasteiger partial charge in [0.2, 0.25) is 0 Å². The number of nitrogens with one attached hydrogen (secondary N) is 2. The van der Waals surface area contributed by atoms with Gasteiger partial charge in [0.1, 0.15) is 11.4 Å². The van der Waals surface area contributed by atoms with Gasteiger partial charge in [-0.2, -0.15) is 0 Å². The van der Waals surface area contributed by atoms with Gasteiger partial charge >= 0.3 is 0 Å². The fourth-order valence-electron chi connectivity index (χ4n) is 2.65. The van der Waals surface area contributed by atoms with Crippen molar-refractivity contribution in [2.75, 3.05) is 12.4 Å². The molecule has 0 atom stereocenters. The number of rotatable bonds is 7. The van der Waals surface area contributed by atoms with Crippen LogP contribution in [-0.4, -0.2) is 18.0 Å². The van der Waals surface area contributed by atoms with Crippen molar-refractivity contribution in [3.05, 3.63) is 89.2 Å². The molecule has 0 radical (unpaired) electrons. The molecule has 27 heavy (non-hydrogen) atoms. The molecule has 0 spiro atoms. The number of hydrogen-bond donors (Lipinski definition) is 2. The number of benzene rings is 2. The number of carbonyl (C=O) groups is 1. The highest BCUT2D eigenvalue weighted by molar-refractivity contribution is 5.92. The van der Waals surface area contributed by atoms with Crippen LogP contribution in [0.5, 0.6) is 5.75 Å². The molecule has 5 nitrogen and oxygen atoms in total. The van der Waals surface area contributed by atoms with Crippen LogP contribution in [0.15, 0.2) is 66.9 Å². The summed E-state index contributed by atoms with van der Waals surface area (Å²) in [5.41, 5.74) is 4.66. The normalized spacial score (nSPS) is 10.3. The highest BCUT2D eigenvalue weighted by atomic mass is 16.5. The van der Waals surface area contributed by atoms with Gasteiger partial charge in [-0.05, 0) is 47.9 Å². The number of anilines is 1. The van der Waals surface area contributed by atoms with Gasteiger partial charge in [-0.1, -0.05) is 36.4 Å². The van der Waals surface area contributed by atoms with Crippen LogP contribution in [0.1, 0.15) is 27.2 Å². The summed E-state index contributed by atoms with van der Waals surface area (Å²) in [6.07, 6.45) is 1.67. The standard InChI is InChI=1S/C22H23N3O2/c1-16-5-3-4-6-18(16)14-25-22(26)21-12-9-19(15-24-21)23-13-17-7-10-20(27-2)11-8-17/h3-12,15,23H,13-14H2,1-2H3,(H,25,26). The third-order valence-electron chi connectivity index (χ3n) is 4.35. The molecular weight excluding hydrogens is 338 g/mol. The van der Waals surface area contributed by atoms with Crippen LogP contribution in [-0.2, 0) is 13.1 Å². The van der Waals surface area contributed by atoms with Crippen LogP contribution in [0.25, 0.3) is 0 Å². The fourth-order valence-corrected chi connectivity index (χ4v) is 2.65. The predicted octanol–water partition coefficient (Wildman–Crippen LogP) is 3.94. The number of carbonyl (C=O) groups excluding carboxylic acids is 1. The molecule has 0 aliphatic rings. The Labute approximate surface area is 159 Å². The number of aromatic nitrogens is 1. The Balaban J connectivity index is 1.53. The summed E-state index contributed by atoms with van der Waals surface area (Å²) in [6.45, 7) is 3.19. The SMILES string of the molecule is COc1ccc(CNc2ccc(C(=O)NCc3ccccc3C)nc2)cc1. The van der Waals surface area contributed by atoms with Crippen molar-refractivity contribution in [2.45, 2.75) is 20.0 Å². The summed E-state index contributed by atoms with van der Waals surface area (Å²) >= 11 is 0. The lowest BCUT2D eigenvalue weighted by atomic mass is 10.1. The van der Waals surface area contributed by atoms with E-state index >= 15 is 0 Å². The van der Waals surface area contributed by atoms with Crippen LogP contribution in [0, 0.1) is 6.92 Å². The van der Waals surface area contributed by atoms with Crippen LogP contribution < -0.4 is 15.4 Å². The van der Waals surface area contributed by atoms with E-state index in [9.17, 15) is 4.79 Å².